The van der Waals surface area contributed by atoms with E-state index in [1.165, 1.54) is 32.0 Å². The molecule has 1 aliphatic rings. The summed E-state index contributed by atoms with van der Waals surface area (Å²) in [6.07, 6.45) is 0. The number of benzene rings is 1. The summed E-state index contributed by atoms with van der Waals surface area (Å²) in [7, 11) is 0. The second kappa shape index (κ2) is 4.96. The van der Waals surface area contributed by atoms with E-state index in [1.54, 1.807) is 6.92 Å². The Morgan fingerprint density at radius 3 is 2.65 bits per heavy atom. The van der Waals surface area contributed by atoms with Gasteiger partial charge in [0.25, 0.3) is 0 Å². The third-order valence-electron chi connectivity index (χ3n) is 2.79. The zero-order valence-electron chi connectivity index (χ0n) is 11.4. The van der Waals surface area contributed by atoms with Gasteiger partial charge in [0.15, 0.2) is 0 Å². The highest BCUT2D eigenvalue weighted by Gasteiger charge is 2.47. The van der Waals surface area contributed by atoms with Gasteiger partial charge < -0.3 is 14.2 Å². The van der Waals surface area contributed by atoms with Gasteiger partial charge in [-0.1, -0.05) is 0 Å². The van der Waals surface area contributed by atoms with Gasteiger partial charge in [0.05, 0.1) is 17.7 Å². The number of esters is 2. The molecule has 1 heterocycles. The molecule has 0 aromatic heterocycles. The monoisotopic (exact) mass is 278 g/mol. The van der Waals surface area contributed by atoms with Crippen molar-refractivity contribution in [1.82, 2.24) is 0 Å². The molecule has 1 atom stereocenters. The fourth-order valence-corrected chi connectivity index (χ4v) is 1.98. The third-order valence-corrected chi connectivity index (χ3v) is 2.79. The molecule has 0 bridgehead atoms. The second-order valence-electron chi connectivity index (χ2n) is 4.40. The number of rotatable bonds is 3. The maximum atomic E-state index is 12.2. The Morgan fingerprint density at radius 1 is 1.35 bits per heavy atom. The van der Waals surface area contributed by atoms with E-state index >= 15 is 0 Å². The van der Waals surface area contributed by atoms with Gasteiger partial charge in [0.2, 0.25) is 5.78 Å². The van der Waals surface area contributed by atoms with Crippen molar-refractivity contribution in [3.63, 3.8) is 0 Å². The van der Waals surface area contributed by atoms with E-state index in [1.807, 2.05) is 0 Å². The summed E-state index contributed by atoms with van der Waals surface area (Å²) in [6, 6.07) is 4.35. The van der Waals surface area contributed by atoms with E-state index < -0.39 is 23.5 Å². The van der Waals surface area contributed by atoms with Crippen LogP contribution in [0.3, 0.4) is 0 Å². The summed E-state index contributed by atoms with van der Waals surface area (Å²) in [5.74, 6) is -3.06. The number of hydrogen-bond acceptors (Lipinski definition) is 6. The molecule has 1 aromatic rings. The summed E-state index contributed by atoms with van der Waals surface area (Å²) < 4.78 is 15.1. The second-order valence-corrected chi connectivity index (χ2v) is 4.40. The van der Waals surface area contributed by atoms with E-state index in [0.29, 0.717) is 0 Å². The number of ketones is 1. The van der Waals surface area contributed by atoms with Crippen LogP contribution in [0.2, 0.25) is 0 Å². The molecule has 0 saturated carbocycles. The highest BCUT2D eigenvalue weighted by atomic mass is 16.7. The van der Waals surface area contributed by atoms with Crippen LogP contribution in [0.25, 0.3) is 0 Å². The molecule has 0 amide bonds. The van der Waals surface area contributed by atoms with Crippen molar-refractivity contribution >= 4 is 17.7 Å². The van der Waals surface area contributed by atoms with Gasteiger partial charge in [0, 0.05) is 13.8 Å². The van der Waals surface area contributed by atoms with Crippen LogP contribution in [0.4, 0.5) is 0 Å². The molecular weight excluding hydrogens is 264 g/mol. The Morgan fingerprint density at radius 2 is 2.05 bits per heavy atom. The lowest BCUT2D eigenvalue weighted by molar-refractivity contribution is -0.172. The largest absolute Gasteiger partial charge is 0.462 e. The molecule has 0 aliphatic carbocycles. The Kier molecular flexibility index (Phi) is 3.48. The lowest BCUT2D eigenvalue weighted by Gasteiger charge is -2.21. The van der Waals surface area contributed by atoms with Gasteiger partial charge in [-0.15, -0.1) is 0 Å². The molecule has 6 nitrogen and oxygen atoms in total. The fraction of sp³-hybridized carbons (Fsp3) is 0.357. The van der Waals surface area contributed by atoms with Crippen molar-refractivity contribution < 1.29 is 28.6 Å². The lowest BCUT2D eigenvalue weighted by Crippen LogP contribution is -2.41. The van der Waals surface area contributed by atoms with Gasteiger partial charge in [0.1, 0.15) is 5.75 Å². The first-order chi connectivity index (χ1) is 9.37. The molecule has 106 valence electrons. The van der Waals surface area contributed by atoms with Crippen LogP contribution in [0.5, 0.6) is 5.75 Å². The van der Waals surface area contributed by atoms with Crippen LogP contribution < -0.4 is 4.74 Å². The quantitative estimate of drug-likeness (QED) is 0.783. The molecule has 2 rings (SSSR count). The van der Waals surface area contributed by atoms with Crippen molar-refractivity contribution in [1.29, 1.82) is 0 Å². The summed E-state index contributed by atoms with van der Waals surface area (Å²) >= 11 is 0. The number of ether oxygens (including phenoxy) is 3. The van der Waals surface area contributed by atoms with Crippen molar-refractivity contribution in [3.8, 4) is 5.75 Å². The van der Waals surface area contributed by atoms with E-state index in [4.69, 9.17) is 14.2 Å². The minimum atomic E-state index is -1.68. The summed E-state index contributed by atoms with van der Waals surface area (Å²) in [5.41, 5.74) is 0.439. The van der Waals surface area contributed by atoms with Gasteiger partial charge in [-0.05, 0) is 25.1 Å². The van der Waals surface area contributed by atoms with Crippen molar-refractivity contribution in [2.45, 2.75) is 26.6 Å². The van der Waals surface area contributed by atoms with E-state index in [0.717, 1.165) is 0 Å². The van der Waals surface area contributed by atoms with Gasteiger partial charge in [-0.25, -0.2) is 4.79 Å². The SMILES string of the molecule is CCOC(=O)c1ccc2c(c1)C(=O)C(C)(OC(C)=O)O2. The standard InChI is InChI=1S/C14H14O6/c1-4-18-13(17)9-5-6-11-10(7-9)12(16)14(3,20-11)19-8(2)15/h5-7H,4H2,1-3H3. The smallest absolute Gasteiger partial charge is 0.338 e. The number of fused-ring (bicyclic) bond motifs is 1. The summed E-state index contributed by atoms with van der Waals surface area (Å²) in [5, 5.41) is 0. The Hall–Kier alpha value is -2.37. The van der Waals surface area contributed by atoms with Crippen LogP contribution in [0.1, 0.15) is 41.5 Å². The van der Waals surface area contributed by atoms with Crippen molar-refractivity contribution in [2.75, 3.05) is 6.61 Å². The number of carbonyl (C=O) groups excluding carboxylic acids is 3. The average molecular weight is 278 g/mol. The molecule has 0 spiro atoms. The number of Topliss-reactive ketones (excluding diaryl/α,β-unsaturated/α-hetero) is 1. The first-order valence-corrected chi connectivity index (χ1v) is 6.12. The highest BCUT2D eigenvalue weighted by Crippen LogP contribution is 2.36. The summed E-state index contributed by atoms with van der Waals surface area (Å²) in [6.45, 7) is 4.48. The predicted molar refractivity (Wildman–Crippen MR) is 67.5 cm³/mol. The predicted octanol–water partition coefficient (Wildman–Crippen LogP) is 1.72. The molecule has 0 fully saturated rings. The average Bonchev–Trinajstić information content (AvgIpc) is 2.60. The van der Waals surface area contributed by atoms with Gasteiger partial charge in [-0.3, -0.25) is 9.59 Å². The van der Waals surface area contributed by atoms with Gasteiger partial charge in [-0.2, -0.15) is 0 Å². The molecule has 1 aromatic carbocycles. The number of carbonyl (C=O) groups is 3. The summed E-state index contributed by atoms with van der Waals surface area (Å²) in [4.78, 5) is 34.9. The molecule has 0 N–H and O–H groups in total. The van der Waals surface area contributed by atoms with Crippen LogP contribution in [-0.2, 0) is 14.3 Å². The Labute approximate surface area is 115 Å². The minimum absolute atomic E-state index is 0.194. The maximum Gasteiger partial charge on any atom is 0.338 e. The van der Waals surface area contributed by atoms with Crippen LogP contribution in [-0.4, -0.2) is 30.1 Å². The first-order valence-electron chi connectivity index (χ1n) is 6.12. The van der Waals surface area contributed by atoms with E-state index in [2.05, 4.69) is 0 Å². The third kappa shape index (κ3) is 2.36. The Bertz CT molecular complexity index is 591. The molecular formula is C14H14O6. The van der Waals surface area contributed by atoms with E-state index in [-0.39, 0.29) is 23.5 Å². The number of hydrogen-bond donors (Lipinski definition) is 0. The highest BCUT2D eigenvalue weighted by molar-refractivity contribution is 6.08. The van der Waals surface area contributed by atoms with Gasteiger partial charge >= 0.3 is 17.7 Å². The normalized spacial score (nSPS) is 20.1. The Balaban J connectivity index is 2.33. The van der Waals surface area contributed by atoms with Crippen molar-refractivity contribution in [2.24, 2.45) is 0 Å². The van der Waals surface area contributed by atoms with E-state index in [9.17, 15) is 14.4 Å². The topological polar surface area (TPSA) is 78.9 Å². The lowest BCUT2D eigenvalue weighted by atomic mass is 10.0. The molecule has 6 heteroatoms. The first kappa shape index (κ1) is 14.0. The van der Waals surface area contributed by atoms with Crippen LogP contribution in [0, 0.1) is 0 Å². The van der Waals surface area contributed by atoms with Crippen molar-refractivity contribution in [3.05, 3.63) is 29.3 Å². The fourth-order valence-electron chi connectivity index (χ4n) is 1.98. The minimum Gasteiger partial charge on any atom is -0.462 e. The molecule has 0 radical (unpaired) electrons. The zero-order chi connectivity index (χ0) is 14.9. The maximum absolute atomic E-state index is 12.2. The van der Waals surface area contributed by atoms with Crippen LogP contribution in [0.15, 0.2) is 18.2 Å². The zero-order valence-corrected chi connectivity index (χ0v) is 11.4. The van der Waals surface area contributed by atoms with Crippen LogP contribution >= 0.6 is 0 Å². The molecule has 20 heavy (non-hydrogen) atoms. The molecule has 1 aliphatic heterocycles. The molecule has 1 unspecified atom stereocenters. The molecule has 0 saturated heterocycles.